The zero-order valence-electron chi connectivity index (χ0n) is 25.7. The second-order valence-electron chi connectivity index (χ2n) is 12.3. The number of aromatic nitrogens is 2. The first kappa shape index (κ1) is 32.2. The van der Waals surface area contributed by atoms with Crippen molar-refractivity contribution in [2.45, 2.75) is 72.1 Å². The number of rotatable bonds is 11. The van der Waals surface area contributed by atoms with Gasteiger partial charge in [0.15, 0.2) is 0 Å². The standard InChI is InChI=1S/C32H42F2N4O5/c1-19(30(39)40)18-38-20(2)16-23-22-10-7-8-11-25(22)36-27(23)28(38)26-21(3)29(35-17-24(26)34)42-15-14-37(13-9-12-33)31(41)43-32(4,5)6/h7-8,10-11,17,19-20,28,36H,9,12-16,18H2,1-6H3,(H,39,40)/t19?,20-,28-/m1/s1. The van der Waals surface area contributed by atoms with Crippen molar-refractivity contribution in [3.63, 3.8) is 0 Å². The van der Waals surface area contributed by atoms with Crippen molar-refractivity contribution in [2.24, 2.45) is 5.92 Å². The van der Waals surface area contributed by atoms with Gasteiger partial charge in [0.05, 0.1) is 31.4 Å². The van der Waals surface area contributed by atoms with Crippen molar-refractivity contribution in [3.05, 3.63) is 58.7 Å². The van der Waals surface area contributed by atoms with Crippen molar-refractivity contribution in [3.8, 4) is 5.88 Å². The molecule has 234 valence electrons. The van der Waals surface area contributed by atoms with Crippen LogP contribution < -0.4 is 4.74 Å². The zero-order chi connectivity index (χ0) is 31.5. The molecule has 0 saturated carbocycles. The summed E-state index contributed by atoms with van der Waals surface area (Å²) >= 11 is 0. The van der Waals surface area contributed by atoms with Crippen molar-refractivity contribution in [2.75, 3.05) is 32.9 Å². The first-order chi connectivity index (χ1) is 20.3. The van der Waals surface area contributed by atoms with Gasteiger partial charge in [-0.15, -0.1) is 0 Å². The smallest absolute Gasteiger partial charge is 0.410 e. The van der Waals surface area contributed by atoms with Crippen LogP contribution >= 0.6 is 0 Å². The van der Waals surface area contributed by atoms with Crippen LogP contribution in [0.1, 0.15) is 69.5 Å². The van der Waals surface area contributed by atoms with E-state index in [1.54, 1.807) is 34.6 Å². The number of aromatic amines is 1. The maximum absolute atomic E-state index is 15.8. The van der Waals surface area contributed by atoms with Crippen molar-refractivity contribution >= 4 is 23.0 Å². The Morgan fingerprint density at radius 3 is 2.65 bits per heavy atom. The zero-order valence-corrected chi connectivity index (χ0v) is 25.7. The Balaban J connectivity index is 1.68. The Morgan fingerprint density at radius 2 is 1.98 bits per heavy atom. The van der Waals surface area contributed by atoms with Crippen molar-refractivity contribution < 1.29 is 33.0 Å². The molecule has 0 fully saturated rings. The number of aliphatic carboxylic acids is 1. The van der Waals surface area contributed by atoms with Gasteiger partial charge < -0.3 is 24.5 Å². The van der Waals surface area contributed by atoms with Crippen molar-refractivity contribution in [1.82, 2.24) is 19.8 Å². The number of carboxylic acid groups (broad SMARTS) is 1. The van der Waals surface area contributed by atoms with Gasteiger partial charge in [-0.2, -0.15) is 0 Å². The highest BCUT2D eigenvalue weighted by atomic mass is 19.1. The molecule has 0 radical (unpaired) electrons. The lowest BCUT2D eigenvalue weighted by Crippen LogP contribution is -2.46. The maximum Gasteiger partial charge on any atom is 0.410 e. The SMILES string of the molecule is Cc1c(OCCN(CCCF)C(=O)OC(C)(C)C)ncc(F)c1[C@@H]1c2[nH]c3ccccc3c2C[C@@H](C)N1CC(C)C(=O)O. The van der Waals surface area contributed by atoms with E-state index in [0.29, 0.717) is 17.5 Å². The summed E-state index contributed by atoms with van der Waals surface area (Å²) in [5.74, 6) is -1.93. The van der Waals surface area contributed by atoms with E-state index in [1.807, 2.05) is 36.1 Å². The van der Waals surface area contributed by atoms with Gasteiger partial charge in [-0.05, 0) is 59.1 Å². The number of alkyl halides is 1. The number of para-hydroxylation sites is 1. The molecular weight excluding hydrogens is 558 g/mol. The summed E-state index contributed by atoms with van der Waals surface area (Å²) in [6, 6.07) is 7.23. The Kier molecular flexibility index (Phi) is 9.94. The summed E-state index contributed by atoms with van der Waals surface area (Å²) in [5, 5.41) is 10.8. The fourth-order valence-electron chi connectivity index (χ4n) is 5.68. The van der Waals surface area contributed by atoms with E-state index in [1.165, 1.54) is 4.90 Å². The van der Waals surface area contributed by atoms with Gasteiger partial charge in [0.25, 0.3) is 0 Å². The molecule has 3 aromatic rings. The fraction of sp³-hybridized carbons (Fsp3) is 0.531. The van der Waals surface area contributed by atoms with Crippen LogP contribution in [-0.4, -0.2) is 81.5 Å². The summed E-state index contributed by atoms with van der Waals surface area (Å²) < 4.78 is 40.2. The minimum Gasteiger partial charge on any atom is -0.481 e. The molecule has 3 atom stereocenters. The average Bonchev–Trinajstić information content (AvgIpc) is 3.30. The molecule has 0 aliphatic carbocycles. The summed E-state index contributed by atoms with van der Waals surface area (Å²) in [7, 11) is 0. The first-order valence-corrected chi connectivity index (χ1v) is 14.7. The lowest BCUT2D eigenvalue weighted by atomic mass is 9.86. The minimum absolute atomic E-state index is 0.0307. The van der Waals surface area contributed by atoms with E-state index in [-0.39, 0.29) is 44.6 Å². The number of carbonyl (C=O) groups is 2. The molecule has 3 heterocycles. The molecule has 4 rings (SSSR count). The highest BCUT2D eigenvalue weighted by Crippen LogP contribution is 2.43. The van der Waals surface area contributed by atoms with E-state index in [9.17, 15) is 19.1 Å². The van der Waals surface area contributed by atoms with Gasteiger partial charge in [0.1, 0.15) is 18.0 Å². The third-order valence-electron chi connectivity index (χ3n) is 7.79. The number of nitrogens with zero attached hydrogens (tertiary/aromatic N) is 3. The van der Waals surface area contributed by atoms with E-state index in [2.05, 4.69) is 9.97 Å². The number of H-pyrrole nitrogens is 1. The van der Waals surface area contributed by atoms with Crippen LogP contribution in [0.2, 0.25) is 0 Å². The third kappa shape index (κ3) is 7.26. The Hall–Kier alpha value is -3.73. The van der Waals surface area contributed by atoms with E-state index >= 15 is 4.39 Å². The van der Waals surface area contributed by atoms with E-state index in [4.69, 9.17) is 9.47 Å². The number of hydrogen-bond acceptors (Lipinski definition) is 6. The normalized spacial score (nSPS) is 17.9. The predicted molar refractivity (Wildman–Crippen MR) is 160 cm³/mol. The molecule has 2 aromatic heterocycles. The van der Waals surface area contributed by atoms with Gasteiger partial charge in [-0.3, -0.25) is 14.1 Å². The number of halogens is 2. The number of benzene rings is 1. The van der Waals surface area contributed by atoms with Gasteiger partial charge in [0.2, 0.25) is 5.88 Å². The fourth-order valence-corrected chi connectivity index (χ4v) is 5.68. The molecule has 1 aliphatic rings. The molecule has 1 unspecified atom stereocenters. The topological polar surface area (TPSA) is 108 Å². The summed E-state index contributed by atoms with van der Waals surface area (Å²) in [4.78, 5) is 35.7. The molecule has 0 spiro atoms. The van der Waals surface area contributed by atoms with E-state index in [0.717, 1.165) is 28.4 Å². The van der Waals surface area contributed by atoms with Crippen molar-refractivity contribution in [1.29, 1.82) is 0 Å². The number of hydrogen-bond donors (Lipinski definition) is 2. The number of pyridine rings is 1. The average molecular weight is 601 g/mol. The number of carboxylic acids is 1. The number of ether oxygens (including phenoxy) is 2. The van der Waals surface area contributed by atoms with Gasteiger partial charge in [-0.1, -0.05) is 25.1 Å². The predicted octanol–water partition coefficient (Wildman–Crippen LogP) is 6.04. The van der Waals surface area contributed by atoms with Crippen LogP contribution in [0.3, 0.4) is 0 Å². The van der Waals surface area contributed by atoms with Crippen LogP contribution in [0.5, 0.6) is 5.88 Å². The molecule has 43 heavy (non-hydrogen) atoms. The lowest BCUT2D eigenvalue weighted by molar-refractivity contribution is -0.142. The second-order valence-corrected chi connectivity index (χ2v) is 12.3. The monoisotopic (exact) mass is 600 g/mol. The summed E-state index contributed by atoms with van der Waals surface area (Å²) in [6.07, 6.45) is 1.39. The Morgan fingerprint density at radius 1 is 1.26 bits per heavy atom. The number of amides is 1. The number of fused-ring (bicyclic) bond motifs is 3. The minimum atomic E-state index is -0.924. The van der Waals surface area contributed by atoms with Gasteiger partial charge >= 0.3 is 12.1 Å². The Labute approximate surface area is 251 Å². The molecule has 0 saturated heterocycles. The van der Waals surface area contributed by atoms with Gasteiger partial charge in [0, 0.05) is 46.9 Å². The second kappa shape index (κ2) is 13.3. The van der Waals surface area contributed by atoms with Crippen LogP contribution in [-0.2, 0) is 16.0 Å². The van der Waals surface area contributed by atoms with Crippen LogP contribution in [0.25, 0.3) is 10.9 Å². The van der Waals surface area contributed by atoms with Crippen LogP contribution in [0.15, 0.2) is 30.5 Å². The lowest BCUT2D eigenvalue weighted by Gasteiger charge is -2.42. The highest BCUT2D eigenvalue weighted by molar-refractivity contribution is 5.85. The molecular formula is C32H42F2N4O5. The summed E-state index contributed by atoms with van der Waals surface area (Å²) in [6.45, 7) is 10.6. The molecule has 1 aliphatic heterocycles. The Bertz CT molecular complexity index is 1450. The highest BCUT2D eigenvalue weighted by Gasteiger charge is 2.39. The molecule has 1 amide bonds. The molecule has 2 N–H and O–H groups in total. The number of nitrogens with one attached hydrogen (secondary N) is 1. The van der Waals surface area contributed by atoms with Crippen LogP contribution in [0.4, 0.5) is 13.6 Å². The molecule has 1 aromatic carbocycles. The van der Waals surface area contributed by atoms with Gasteiger partial charge in [-0.25, -0.2) is 14.2 Å². The molecule has 0 bridgehead atoms. The molecule has 9 nitrogen and oxygen atoms in total. The third-order valence-corrected chi connectivity index (χ3v) is 7.79. The maximum atomic E-state index is 15.8. The van der Waals surface area contributed by atoms with E-state index < -0.39 is 42.1 Å². The largest absolute Gasteiger partial charge is 0.481 e. The quantitative estimate of drug-likeness (QED) is 0.276. The van der Waals surface area contributed by atoms with Crippen LogP contribution in [0, 0.1) is 18.7 Å². The molecule has 11 heteroatoms. The summed E-state index contributed by atoms with van der Waals surface area (Å²) in [5.41, 5.74) is 2.94. The number of carbonyl (C=O) groups excluding carboxylic acids is 1. The first-order valence-electron chi connectivity index (χ1n) is 14.7.